The van der Waals surface area contributed by atoms with Crippen LogP contribution in [0.15, 0.2) is 69.0 Å². The van der Waals surface area contributed by atoms with E-state index in [9.17, 15) is 13.2 Å². The molecule has 2 rings (SSSR count). The van der Waals surface area contributed by atoms with E-state index in [0.29, 0.717) is 5.69 Å². The first-order valence-electron chi connectivity index (χ1n) is 7.55. The van der Waals surface area contributed by atoms with Gasteiger partial charge in [0.25, 0.3) is 0 Å². The van der Waals surface area contributed by atoms with Crippen LogP contribution in [-0.4, -0.2) is 21.0 Å². The van der Waals surface area contributed by atoms with E-state index in [0.717, 1.165) is 16.2 Å². The number of hydrogen-bond acceptors (Lipinski definition) is 5. The van der Waals surface area contributed by atoms with Crippen molar-refractivity contribution in [2.24, 2.45) is 0 Å². The Hall–Kier alpha value is -2.12. The Morgan fingerprint density at radius 1 is 1.12 bits per heavy atom. The van der Waals surface area contributed by atoms with Crippen molar-refractivity contribution in [2.45, 2.75) is 18.7 Å². The number of halogens is 1. The molecule has 0 fully saturated rings. The third-order valence-electron chi connectivity index (χ3n) is 3.31. The lowest BCUT2D eigenvalue weighted by Gasteiger charge is -2.10. The lowest BCUT2D eigenvalue weighted by Crippen LogP contribution is -2.18. The van der Waals surface area contributed by atoms with Crippen molar-refractivity contribution in [2.75, 3.05) is 11.9 Å². The van der Waals surface area contributed by atoms with E-state index < -0.39 is 20.7 Å². The summed E-state index contributed by atoms with van der Waals surface area (Å²) in [5, 5.41) is 2.84. The van der Waals surface area contributed by atoms with Crippen molar-refractivity contribution in [3.05, 3.63) is 69.7 Å². The summed E-state index contributed by atoms with van der Waals surface area (Å²) in [4.78, 5) is 11.8. The maximum absolute atomic E-state index is 12.8. The molecule has 0 radical (unpaired) electrons. The van der Waals surface area contributed by atoms with E-state index in [1.807, 2.05) is 6.92 Å². The average molecular weight is 424 g/mol. The number of esters is 1. The summed E-state index contributed by atoms with van der Waals surface area (Å²) in [7, 11) is -4.00. The maximum atomic E-state index is 12.8. The van der Waals surface area contributed by atoms with Crippen molar-refractivity contribution in [1.29, 1.82) is 0 Å². The van der Waals surface area contributed by atoms with Crippen LogP contribution in [0.3, 0.4) is 0 Å². The minimum atomic E-state index is -4.00. The molecule has 7 heteroatoms. The number of sulfone groups is 1. The second-order valence-electron chi connectivity index (χ2n) is 5.20. The molecular formula is C18H18BrNO4S. The van der Waals surface area contributed by atoms with Crippen molar-refractivity contribution in [3.63, 3.8) is 0 Å². The van der Waals surface area contributed by atoms with Gasteiger partial charge in [-0.3, -0.25) is 0 Å². The molecule has 1 N–H and O–H groups in total. The summed E-state index contributed by atoms with van der Waals surface area (Å²) >= 11 is 3.32. The fourth-order valence-corrected chi connectivity index (χ4v) is 3.49. The molecule has 2 aromatic rings. The topological polar surface area (TPSA) is 72.5 Å². The molecule has 0 aliphatic rings. The summed E-state index contributed by atoms with van der Waals surface area (Å²) in [6, 6.07) is 13.4. The Balaban J connectivity index is 2.40. The molecule has 0 spiro atoms. The van der Waals surface area contributed by atoms with Gasteiger partial charge >= 0.3 is 5.97 Å². The minimum absolute atomic E-state index is 0.0370. The molecule has 0 bridgehead atoms. The molecule has 0 saturated heterocycles. The van der Waals surface area contributed by atoms with Gasteiger partial charge in [-0.15, -0.1) is 0 Å². The molecular weight excluding hydrogens is 406 g/mol. The maximum Gasteiger partial charge on any atom is 0.351 e. The Kier molecular flexibility index (Phi) is 6.39. The number of ether oxygens (including phenoxy) is 1. The normalized spacial score (nSPS) is 11.9. The van der Waals surface area contributed by atoms with Crippen LogP contribution in [0.2, 0.25) is 0 Å². The molecule has 5 nitrogen and oxygen atoms in total. The van der Waals surface area contributed by atoms with Gasteiger partial charge in [0.15, 0.2) is 4.91 Å². The van der Waals surface area contributed by atoms with Gasteiger partial charge < -0.3 is 10.1 Å². The zero-order chi connectivity index (χ0) is 18.4. The number of hydrogen-bond donors (Lipinski definition) is 1. The van der Waals surface area contributed by atoms with Gasteiger partial charge in [0.05, 0.1) is 11.5 Å². The first-order chi connectivity index (χ1) is 11.8. The van der Waals surface area contributed by atoms with Crippen molar-refractivity contribution >= 4 is 37.4 Å². The molecule has 0 unspecified atom stereocenters. The highest BCUT2D eigenvalue weighted by Crippen LogP contribution is 2.22. The van der Waals surface area contributed by atoms with E-state index in [4.69, 9.17) is 4.74 Å². The SMILES string of the molecule is CCOC(=O)C(=CNc1ccc(Br)cc1)S(=O)(=O)c1ccc(C)cc1. The van der Waals surface area contributed by atoms with E-state index in [1.165, 1.54) is 12.1 Å². The molecule has 0 aliphatic heterocycles. The van der Waals surface area contributed by atoms with Gasteiger partial charge in [-0.25, -0.2) is 13.2 Å². The summed E-state index contributed by atoms with van der Waals surface area (Å²) in [5.74, 6) is -0.896. The molecule has 25 heavy (non-hydrogen) atoms. The molecule has 0 heterocycles. The Morgan fingerprint density at radius 2 is 1.72 bits per heavy atom. The number of aryl methyl sites for hydroxylation is 1. The van der Waals surface area contributed by atoms with Gasteiger partial charge in [-0.2, -0.15) is 0 Å². The van der Waals surface area contributed by atoms with Crippen LogP contribution in [0.1, 0.15) is 12.5 Å². The second-order valence-corrected chi connectivity index (χ2v) is 8.03. The number of nitrogens with one attached hydrogen (secondary N) is 1. The van der Waals surface area contributed by atoms with Gasteiger partial charge in [0.2, 0.25) is 9.84 Å². The van der Waals surface area contributed by atoms with E-state index >= 15 is 0 Å². The van der Waals surface area contributed by atoms with E-state index in [2.05, 4.69) is 21.2 Å². The van der Waals surface area contributed by atoms with Crippen LogP contribution in [0.5, 0.6) is 0 Å². The molecule has 0 aromatic heterocycles. The summed E-state index contributed by atoms with van der Waals surface area (Å²) in [5.41, 5.74) is 1.57. The van der Waals surface area contributed by atoms with Crippen molar-refractivity contribution in [1.82, 2.24) is 0 Å². The Bertz CT molecular complexity index is 872. The van der Waals surface area contributed by atoms with Crippen LogP contribution >= 0.6 is 15.9 Å². The molecule has 0 saturated carbocycles. The van der Waals surface area contributed by atoms with Gasteiger partial charge in [0, 0.05) is 16.4 Å². The highest BCUT2D eigenvalue weighted by molar-refractivity contribution is 9.10. The molecule has 0 amide bonds. The third kappa shape index (κ3) is 4.93. The first kappa shape index (κ1) is 19.2. The summed E-state index contributed by atoms with van der Waals surface area (Å²) in [6.45, 7) is 3.56. The fraction of sp³-hybridized carbons (Fsp3) is 0.167. The molecule has 0 aliphatic carbocycles. The smallest absolute Gasteiger partial charge is 0.351 e. The Morgan fingerprint density at radius 3 is 2.28 bits per heavy atom. The number of benzene rings is 2. The van der Waals surface area contributed by atoms with Crippen molar-refractivity contribution in [3.8, 4) is 0 Å². The van der Waals surface area contributed by atoms with Crippen LogP contribution in [0, 0.1) is 6.92 Å². The quantitative estimate of drug-likeness (QED) is 0.560. The van der Waals surface area contributed by atoms with Crippen molar-refractivity contribution < 1.29 is 17.9 Å². The van der Waals surface area contributed by atoms with Crippen LogP contribution < -0.4 is 5.32 Å². The highest BCUT2D eigenvalue weighted by Gasteiger charge is 2.28. The van der Waals surface area contributed by atoms with Gasteiger partial charge in [0.1, 0.15) is 0 Å². The lowest BCUT2D eigenvalue weighted by molar-refractivity contribution is -0.137. The van der Waals surface area contributed by atoms with Crippen LogP contribution in [-0.2, 0) is 19.4 Å². The summed E-state index contributed by atoms with van der Waals surface area (Å²) in [6.07, 6.45) is 1.16. The zero-order valence-electron chi connectivity index (χ0n) is 13.8. The number of carbonyl (C=O) groups excluding carboxylic acids is 1. The lowest BCUT2D eigenvalue weighted by atomic mass is 10.2. The minimum Gasteiger partial charge on any atom is -0.462 e. The average Bonchev–Trinajstić information content (AvgIpc) is 2.57. The van der Waals surface area contributed by atoms with E-state index in [1.54, 1.807) is 43.3 Å². The molecule has 132 valence electrons. The third-order valence-corrected chi connectivity index (χ3v) is 5.60. The largest absolute Gasteiger partial charge is 0.462 e. The summed E-state index contributed by atoms with van der Waals surface area (Å²) < 4.78 is 31.4. The number of anilines is 1. The zero-order valence-corrected chi connectivity index (χ0v) is 16.2. The predicted octanol–water partition coefficient (Wildman–Crippen LogP) is 4.05. The monoisotopic (exact) mass is 423 g/mol. The molecule has 0 atom stereocenters. The standard InChI is InChI=1S/C18H18BrNO4S/c1-3-24-18(21)17(12-20-15-8-6-14(19)7-9-15)25(22,23)16-10-4-13(2)5-11-16/h4-12,20H,3H2,1-2H3. The second kappa shape index (κ2) is 8.31. The Labute approximate surface area is 155 Å². The number of rotatable bonds is 6. The first-order valence-corrected chi connectivity index (χ1v) is 9.83. The van der Waals surface area contributed by atoms with Crippen LogP contribution in [0.4, 0.5) is 5.69 Å². The van der Waals surface area contributed by atoms with Gasteiger partial charge in [-0.1, -0.05) is 33.6 Å². The number of carbonyl (C=O) groups is 1. The predicted molar refractivity (Wildman–Crippen MR) is 101 cm³/mol. The molecule has 2 aromatic carbocycles. The van der Waals surface area contributed by atoms with E-state index in [-0.39, 0.29) is 11.5 Å². The van der Waals surface area contributed by atoms with Gasteiger partial charge in [-0.05, 0) is 50.2 Å². The fourth-order valence-electron chi connectivity index (χ4n) is 1.99. The highest BCUT2D eigenvalue weighted by atomic mass is 79.9. The van der Waals surface area contributed by atoms with Crippen LogP contribution in [0.25, 0.3) is 0 Å².